The summed E-state index contributed by atoms with van der Waals surface area (Å²) in [5.41, 5.74) is 1.41. The molecule has 2 aliphatic rings. The van der Waals surface area contributed by atoms with Gasteiger partial charge in [0.2, 0.25) is 0 Å². The lowest BCUT2D eigenvalue weighted by atomic mass is 9.73. The highest BCUT2D eigenvalue weighted by molar-refractivity contribution is 5.24. The molecular formula is C18H26FN. The monoisotopic (exact) mass is 275 g/mol. The van der Waals surface area contributed by atoms with Crippen LogP contribution in [0.3, 0.4) is 0 Å². The summed E-state index contributed by atoms with van der Waals surface area (Å²) in [6.07, 6.45) is 9.11. The molecule has 2 saturated carbocycles. The van der Waals surface area contributed by atoms with Gasteiger partial charge in [-0.2, -0.15) is 0 Å². The third-order valence-corrected chi connectivity index (χ3v) is 5.36. The molecule has 0 saturated heterocycles. The molecule has 2 aliphatic carbocycles. The van der Waals surface area contributed by atoms with E-state index in [9.17, 15) is 4.39 Å². The molecule has 1 nitrogen and oxygen atoms in total. The number of hydrogen-bond acceptors (Lipinski definition) is 1. The van der Waals surface area contributed by atoms with Crippen LogP contribution in [0.15, 0.2) is 24.3 Å². The molecule has 0 amide bonds. The first-order chi connectivity index (χ1) is 9.66. The van der Waals surface area contributed by atoms with E-state index >= 15 is 0 Å². The predicted octanol–water partition coefficient (Wildman–Crippen LogP) is 4.63. The largest absolute Gasteiger partial charge is 0.313 e. The van der Waals surface area contributed by atoms with E-state index in [1.54, 1.807) is 12.1 Å². The number of nitrogens with one attached hydrogen (secondary N) is 1. The summed E-state index contributed by atoms with van der Waals surface area (Å²) in [5.74, 6) is 0.392. The Morgan fingerprint density at radius 2 is 1.85 bits per heavy atom. The Hall–Kier alpha value is -0.890. The van der Waals surface area contributed by atoms with Crippen LogP contribution >= 0.6 is 0 Å². The number of benzene rings is 1. The molecule has 2 heteroatoms. The fraction of sp³-hybridized carbons (Fsp3) is 0.667. The number of hydrogen-bond donors (Lipinski definition) is 1. The van der Waals surface area contributed by atoms with Crippen molar-refractivity contribution in [1.82, 2.24) is 5.32 Å². The van der Waals surface area contributed by atoms with E-state index in [1.165, 1.54) is 32.1 Å². The standard InChI is InChI=1S/C18H26FN/c1-18(9-5-2-6-10-18)13-20-15-11-14(12-15)16-7-3-4-8-17(16)19/h3-4,7-8,14-15,20H,2,5-6,9-13H2,1H3. The first-order valence-corrected chi connectivity index (χ1v) is 8.14. The quantitative estimate of drug-likeness (QED) is 0.844. The lowest BCUT2D eigenvalue weighted by molar-refractivity contribution is 0.177. The maximum atomic E-state index is 13.7. The van der Waals surface area contributed by atoms with Gasteiger partial charge in [-0.15, -0.1) is 0 Å². The molecule has 1 N–H and O–H groups in total. The Morgan fingerprint density at radius 3 is 2.55 bits per heavy atom. The van der Waals surface area contributed by atoms with E-state index in [2.05, 4.69) is 12.2 Å². The van der Waals surface area contributed by atoms with Gasteiger partial charge in [0, 0.05) is 12.6 Å². The Kier molecular flexibility index (Phi) is 4.11. The summed E-state index contributed by atoms with van der Waals surface area (Å²) in [7, 11) is 0. The lowest BCUT2D eigenvalue weighted by Crippen LogP contribution is -2.45. The zero-order valence-electron chi connectivity index (χ0n) is 12.5. The van der Waals surface area contributed by atoms with E-state index in [0.29, 0.717) is 17.4 Å². The summed E-state index contributed by atoms with van der Waals surface area (Å²) in [4.78, 5) is 0. The predicted molar refractivity (Wildman–Crippen MR) is 81.4 cm³/mol. The van der Waals surface area contributed by atoms with Crippen LogP contribution in [0.25, 0.3) is 0 Å². The molecule has 3 rings (SSSR count). The lowest BCUT2D eigenvalue weighted by Gasteiger charge is -2.40. The van der Waals surface area contributed by atoms with Crippen molar-refractivity contribution in [3.8, 4) is 0 Å². The maximum absolute atomic E-state index is 13.7. The van der Waals surface area contributed by atoms with E-state index in [1.807, 2.05) is 12.1 Å². The zero-order chi connectivity index (χ0) is 14.0. The van der Waals surface area contributed by atoms with E-state index in [4.69, 9.17) is 0 Å². The Bertz CT molecular complexity index is 444. The first-order valence-electron chi connectivity index (χ1n) is 8.14. The normalized spacial score (nSPS) is 28.9. The van der Waals surface area contributed by atoms with Gasteiger partial charge >= 0.3 is 0 Å². The molecule has 0 spiro atoms. The molecule has 0 radical (unpaired) electrons. The fourth-order valence-corrected chi connectivity index (χ4v) is 3.82. The van der Waals surface area contributed by atoms with Gasteiger partial charge in [-0.1, -0.05) is 44.4 Å². The smallest absolute Gasteiger partial charge is 0.126 e. The summed E-state index contributed by atoms with van der Waals surface area (Å²) in [6, 6.07) is 7.84. The second-order valence-electron chi connectivity index (χ2n) is 7.14. The first kappa shape index (κ1) is 14.1. The SMILES string of the molecule is CC1(CNC2CC(c3ccccc3F)C2)CCCCC1. The Morgan fingerprint density at radius 1 is 1.15 bits per heavy atom. The van der Waals surface area contributed by atoms with Crippen molar-refractivity contribution in [2.24, 2.45) is 5.41 Å². The second kappa shape index (κ2) is 5.85. The van der Waals surface area contributed by atoms with Gasteiger partial charge in [0.15, 0.2) is 0 Å². The summed E-state index contributed by atoms with van der Waals surface area (Å²) >= 11 is 0. The molecule has 0 bridgehead atoms. The molecule has 0 aliphatic heterocycles. The van der Waals surface area contributed by atoms with Crippen molar-refractivity contribution in [2.45, 2.75) is 63.8 Å². The van der Waals surface area contributed by atoms with Crippen LogP contribution < -0.4 is 5.32 Å². The fourth-order valence-electron chi connectivity index (χ4n) is 3.82. The number of halogens is 1. The maximum Gasteiger partial charge on any atom is 0.126 e. The van der Waals surface area contributed by atoms with Crippen molar-refractivity contribution in [3.05, 3.63) is 35.6 Å². The van der Waals surface area contributed by atoms with Crippen molar-refractivity contribution < 1.29 is 4.39 Å². The van der Waals surface area contributed by atoms with Crippen molar-refractivity contribution >= 4 is 0 Å². The minimum Gasteiger partial charge on any atom is -0.313 e. The van der Waals surface area contributed by atoms with Crippen LogP contribution in [0.2, 0.25) is 0 Å². The van der Waals surface area contributed by atoms with Gasteiger partial charge in [0.05, 0.1) is 0 Å². The highest BCUT2D eigenvalue weighted by Crippen LogP contribution is 2.40. The number of rotatable bonds is 4. The Balaban J connectivity index is 1.46. The van der Waals surface area contributed by atoms with Crippen molar-refractivity contribution in [3.63, 3.8) is 0 Å². The summed E-state index contributed by atoms with van der Waals surface area (Å²) in [5, 5.41) is 3.73. The van der Waals surface area contributed by atoms with E-state index in [0.717, 1.165) is 24.9 Å². The summed E-state index contributed by atoms with van der Waals surface area (Å²) in [6.45, 7) is 3.56. The molecule has 110 valence electrons. The van der Waals surface area contributed by atoms with Gasteiger partial charge in [-0.3, -0.25) is 0 Å². The molecule has 20 heavy (non-hydrogen) atoms. The molecule has 0 heterocycles. The molecule has 1 aromatic rings. The molecule has 0 aromatic heterocycles. The van der Waals surface area contributed by atoms with Crippen LogP contribution in [-0.4, -0.2) is 12.6 Å². The highest BCUT2D eigenvalue weighted by Gasteiger charge is 2.34. The third-order valence-electron chi connectivity index (χ3n) is 5.36. The van der Waals surface area contributed by atoms with Gasteiger partial charge in [0.1, 0.15) is 5.82 Å². The second-order valence-corrected chi connectivity index (χ2v) is 7.14. The van der Waals surface area contributed by atoms with Crippen LogP contribution in [-0.2, 0) is 0 Å². The van der Waals surface area contributed by atoms with Gasteiger partial charge in [-0.25, -0.2) is 4.39 Å². The van der Waals surface area contributed by atoms with E-state index < -0.39 is 0 Å². The van der Waals surface area contributed by atoms with Crippen LogP contribution in [0.1, 0.15) is 63.4 Å². The minimum absolute atomic E-state index is 0.0322. The third kappa shape index (κ3) is 3.06. The molecule has 2 fully saturated rings. The van der Waals surface area contributed by atoms with E-state index in [-0.39, 0.29) is 5.82 Å². The highest BCUT2D eigenvalue weighted by atomic mass is 19.1. The molecule has 1 aromatic carbocycles. The summed E-state index contributed by atoms with van der Waals surface area (Å²) < 4.78 is 13.7. The van der Waals surface area contributed by atoms with Crippen LogP contribution in [0.5, 0.6) is 0 Å². The zero-order valence-corrected chi connectivity index (χ0v) is 12.5. The van der Waals surface area contributed by atoms with Crippen molar-refractivity contribution in [1.29, 1.82) is 0 Å². The van der Waals surface area contributed by atoms with Crippen molar-refractivity contribution in [2.75, 3.05) is 6.54 Å². The van der Waals surface area contributed by atoms with Gasteiger partial charge in [0.25, 0.3) is 0 Å². The molecule has 0 atom stereocenters. The van der Waals surface area contributed by atoms with Crippen LogP contribution in [0.4, 0.5) is 4.39 Å². The minimum atomic E-state index is -0.0322. The average molecular weight is 275 g/mol. The van der Waals surface area contributed by atoms with Crippen LogP contribution in [0, 0.1) is 11.2 Å². The molecule has 0 unspecified atom stereocenters. The van der Waals surface area contributed by atoms with Gasteiger partial charge < -0.3 is 5.32 Å². The topological polar surface area (TPSA) is 12.0 Å². The average Bonchev–Trinajstić information content (AvgIpc) is 2.39. The molecular weight excluding hydrogens is 249 g/mol. The van der Waals surface area contributed by atoms with Gasteiger partial charge in [-0.05, 0) is 48.6 Å². The Labute approximate surface area is 122 Å².